The number of benzene rings is 4. The van der Waals surface area contributed by atoms with Gasteiger partial charge in [0.15, 0.2) is 5.75 Å². The molecule has 0 aliphatic carbocycles. The molecule has 0 aliphatic rings. The van der Waals surface area contributed by atoms with Gasteiger partial charge < -0.3 is 14.5 Å². The quantitative estimate of drug-likeness (QED) is 0.0764. The molecule has 0 radical (unpaired) electrons. The summed E-state index contributed by atoms with van der Waals surface area (Å²) < 4.78 is 12.0. The fourth-order valence-electron chi connectivity index (χ4n) is 4.17. The highest BCUT2D eigenvalue weighted by molar-refractivity contribution is 9.11. The van der Waals surface area contributed by atoms with Crippen LogP contribution in [-0.2, 0) is 0 Å². The highest BCUT2D eigenvalue weighted by Crippen LogP contribution is 2.38. The van der Waals surface area contributed by atoms with Crippen LogP contribution >= 0.6 is 55.1 Å². The number of hydrazone groups is 1. The summed E-state index contributed by atoms with van der Waals surface area (Å²) in [6, 6.07) is 22.8. The number of H-pyrrole nitrogens is 1. The van der Waals surface area contributed by atoms with E-state index in [1.807, 2.05) is 30.3 Å². The van der Waals surface area contributed by atoms with E-state index >= 15 is 0 Å². The molecule has 0 saturated carbocycles. The first-order valence-corrected chi connectivity index (χ1v) is 14.3. The molecule has 41 heavy (non-hydrogen) atoms. The molecule has 11 heteroatoms. The molecule has 0 bridgehead atoms. The molecule has 206 valence electrons. The highest BCUT2D eigenvalue weighted by atomic mass is 79.9. The van der Waals surface area contributed by atoms with E-state index in [0.717, 1.165) is 5.56 Å². The summed E-state index contributed by atoms with van der Waals surface area (Å²) in [4.78, 5) is 29.3. The molecule has 1 aromatic heterocycles. The van der Waals surface area contributed by atoms with Crippen molar-refractivity contribution >= 4 is 84.1 Å². The van der Waals surface area contributed by atoms with Crippen LogP contribution in [-0.4, -0.2) is 30.2 Å². The smallest absolute Gasteiger partial charge is 0.343 e. The fourth-order valence-corrected chi connectivity index (χ4v) is 6.05. The van der Waals surface area contributed by atoms with Gasteiger partial charge in [0.1, 0.15) is 11.4 Å². The van der Waals surface area contributed by atoms with Crippen molar-refractivity contribution in [2.45, 2.75) is 0 Å². The average molecular weight is 716 g/mol. The first-order valence-electron chi connectivity index (χ1n) is 12.0. The molecule has 5 rings (SSSR count). The first kappa shape index (κ1) is 28.9. The Morgan fingerprint density at radius 1 is 0.976 bits per heavy atom. The molecular weight excluding hydrogens is 697 g/mol. The number of nitrogens with zero attached hydrogens (tertiary/aromatic N) is 1. The minimum atomic E-state index is -0.574. The summed E-state index contributed by atoms with van der Waals surface area (Å²) in [5.41, 5.74) is 5.60. The third-order valence-corrected chi connectivity index (χ3v) is 7.60. The van der Waals surface area contributed by atoms with Gasteiger partial charge in [0.05, 0.1) is 33.9 Å². The summed E-state index contributed by atoms with van der Waals surface area (Å²) in [5.74, 6) is -0.237. The number of fused-ring (bicyclic) bond motifs is 1. The number of carbonyl (C=O) groups excluding carboxylic acids is 2. The standard InChI is InChI=1S/C30H19Br2Cl2N3O4/c1-40-21-9-7-17(8-10-21)30(39)41-28-18(11-19(31)12-23(28)32)15-35-37-29(38)27-25(16-5-3-2-4-6-16)22-13-20(33)14-24(34)26(22)36-27/h2-15,36H,1H3,(H,37,38). The summed E-state index contributed by atoms with van der Waals surface area (Å²) in [6.07, 6.45) is 1.39. The lowest BCUT2D eigenvalue weighted by Crippen LogP contribution is -2.19. The van der Waals surface area contributed by atoms with Gasteiger partial charge in [-0.25, -0.2) is 10.2 Å². The number of nitrogens with one attached hydrogen (secondary N) is 2. The molecule has 5 aromatic rings. The fraction of sp³-hybridized carbons (Fsp3) is 0.0333. The molecular formula is C30H19Br2Cl2N3O4. The number of hydrogen-bond acceptors (Lipinski definition) is 5. The van der Waals surface area contributed by atoms with Gasteiger partial charge >= 0.3 is 5.97 Å². The lowest BCUT2D eigenvalue weighted by molar-refractivity contribution is 0.0732. The Morgan fingerprint density at radius 2 is 1.71 bits per heavy atom. The van der Waals surface area contributed by atoms with Gasteiger partial charge in [0, 0.05) is 26.0 Å². The zero-order chi connectivity index (χ0) is 29.1. The van der Waals surface area contributed by atoms with Crippen molar-refractivity contribution in [2.24, 2.45) is 5.10 Å². The number of hydrogen-bond donors (Lipinski definition) is 2. The maximum atomic E-state index is 13.4. The molecule has 0 saturated heterocycles. The predicted octanol–water partition coefficient (Wildman–Crippen LogP) is 8.66. The van der Waals surface area contributed by atoms with Gasteiger partial charge in [-0.05, 0) is 70.0 Å². The van der Waals surface area contributed by atoms with E-state index < -0.39 is 11.9 Å². The molecule has 1 heterocycles. The monoisotopic (exact) mass is 713 g/mol. The first-order chi connectivity index (χ1) is 19.7. The van der Waals surface area contributed by atoms with Crippen molar-refractivity contribution < 1.29 is 19.1 Å². The third kappa shape index (κ3) is 6.33. The molecule has 4 aromatic carbocycles. The Hall–Kier alpha value is -3.63. The zero-order valence-electron chi connectivity index (χ0n) is 21.2. The van der Waals surface area contributed by atoms with Crippen molar-refractivity contribution in [2.75, 3.05) is 7.11 Å². The SMILES string of the molecule is COc1ccc(C(=O)Oc2c(Br)cc(Br)cc2C=NNC(=O)c2[nH]c3c(Cl)cc(Cl)cc3c2-c2ccccc2)cc1. The number of carbonyl (C=O) groups is 2. The second-order valence-electron chi connectivity index (χ2n) is 8.67. The maximum absolute atomic E-state index is 13.4. The van der Waals surface area contributed by atoms with Crippen LogP contribution in [0.3, 0.4) is 0 Å². The number of rotatable bonds is 7. The number of halogens is 4. The van der Waals surface area contributed by atoms with E-state index in [-0.39, 0.29) is 11.4 Å². The molecule has 7 nitrogen and oxygen atoms in total. The van der Waals surface area contributed by atoms with E-state index in [1.54, 1.807) is 55.6 Å². The Balaban J connectivity index is 1.44. The molecule has 0 fully saturated rings. The van der Waals surface area contributed by atoms with Crippen molar-refractivity contribution in [3.05, 3.63) is 115 Å². The Morgan fingerprint density at radius 3 is 2.41 bits per heavy atom. The minimum Gasteiger partial charge on any atom is -0.497 e. The van der Waals surface area contributed by atoms with Gasteiger partial charge in [-0.15, -0.1) is 0 Å². The number of aromatic nitrogens is 1. The topological polar surface area (TPSA) is 92.8 Å². The number of aromatic amines is 1. The van der Waals surface area contributed by atoms with Gasteiger partial charge in [-0.2, -0.15) is 5.10 Å². The van der Waals surface area contributed by atoms with Crippen LogP contribution in [0.1, 0.15) is 26.4 Å². The predicted molar refractivity (Wildman–Crippen MR) is 169 cm³/mol. The zero-order valence-corrected chi connectivity index (χ0v) is 25.9. The van der Waals surface area contributed by atoms with Crippen LogP contribution in [0.25, 0.3) is 22.0 Å². The van der Waals surface area contributed by atoms with Crippen LogP contribution < -0.4 is 14.9 Å². The van der Waals surface area contributed by atoms with Crippen LogP contribution in [0.2, 0.25) is 10.0 Å². The second kappa shape index (κ2) is 12.5. The van der Waals surface area contributed by atoms with Gasteiger partial charge in [0.25, 0.3) is 5.91 Å². The lowest BCUT2D eigenvalue weighted by Gasteiger charge is -2.11. The summed E-state index contributed by atoms with van der Waals surface area (Å²) in [5, 5.41) is 5.68. The largest absolute Gasteiger partial charge is 0.497 e. The Labute approximate surface area is 261 Å². The van der Waals surface area contributed by atoms with Crippen LogP contribution in [0.5, 0.6) is 11.5 Å². The molecule has 0 spiro atoms. The molecule has 1 amide bonds. The molecule has 2 N–H and O–H groups in total. The maximum Gasteiger partial charge on any atom is 0.343 e. The molecule has 0 atom stereocenters. The van der Waals surface area contributed by atoms with Gasteiger partial charge in [0.2, 0.25) is 0 Å². The Kier molecular flexibility index (Phi) is 8.79. The minimum absolute atomic E-state index is 0.226. The summed E-state index contributed by atoms with van der Waals surface area (Å²) >= 11 is 19.6. The summed E-state index contributed by atoms with van der Waals surface area (Å²) in [6.45, 7) is 0. The number of ether oxygens (including phenoxy) is 2. The number of amides is 1. The second-order valence-corrected chi connectivity index (χ2v) is 11.3. The average Bonchev–Trinajstić information content (AvgIpc) is 3.35. The van der Waals surface area contributed by atoms with E-state index in [9.17, 15) is 9.59 Å². The van der Waals surface area contributed by atoms with Gasteiger partial charge in [-0.3, -0.25) is 4.79 Å². The number of esters is 1. The third-order valence-electron chi connectivity index (χ3n) is 6.04. The van der Waals surface area contributed by atoms with Gasteiger partial charge in [-0.1, -0.05) is 69.5 Å². The van der Waals surface area contributed by atoms with E-state index in [0.29, 0.717) is 52.3 Å². The highest BCUT2D eigenvalue weighted by Gasteiger charge is 2.21. The lowest BCUT2D eigenvalue weighted by atomic mass is 10.0. The molecule has 0 aliphatic heterocycles. The Bertz CT molecular complexity index is 1810. The normalized spacial score (nSPS) is 11.1. The van der Waals surface area contributed by atoms with Crippen molar-refractivity contribution in [1.29, 1.82) is 0 Å². The van der Waals surface area contributed by atoms with Crippen molar-refractivity contribution in [3.63, 3.8) is 0 Å². The molecule has 0 unspecified atom stereocenters. The van der Waals surface area contributed by atoms with Crippen LogP contribution in [0, 0.1) is 0 Å². The van der Waals surface area contributed by atoms with Crippen molar-refractivity contribution in [1.82, 2.24) is 10.4 Å². The van der Waals surface area contributed by atoms with Crippen LogP contribution in [0.15, 0.2) is 92.9 Å². The van der Waals surface area contributed by atoms with Crippen molar-refractivity contribution in [3.8, 4) is 22.6 Å². The summed E-state index contributed by atoms with van der Waals surface area (Å²) in [7, 11) is 1.54. The number of methoxy groups -OCH3 is 1. The van der Waals surface area contributed by atoms with E-state index in [1.165, 1.54) is 6.21 Å². The van der Waals surface area contributed by atoms with E-state index in [4.69, 9.17) is 32.7 Å². The van der Waals surface area contributed by atoms with Crippen LogP contribution in [0.4, 0.5) is 0 Å². The van der Waals surface area contributed by atoms with E-state index in [2.05, 4.69) is 47.4 Å².